The van der Waals surface area contributed by atoms with Gasteiger partial charge in [-0.05, 0) is 45.0 Å². The molecule has 1 atom stereocenters. The normalized spacial score (nSPS) is 13.0. The Morgan fingerprint density at radius 1 is 1.26 bits per heavy atom. The van der Waals surface area contributed by atoms with Gasteiger partial charge < -0.3 is 5.32 Å². The lowest BCUT2D eigenvalue weighted by molar-refractivity contribution is -0.137. The summed E-state index contributed by atoms with van der Waals surface area (Å²) < 4.78 is 53.1. The summed E-state index contributed by atoms with van der Waals surface area (Å²) in [7, 11) is 0. The number of amides is 1. The molecule has 1 aromatic heterocycles. The highest BCUT2D eigenvalue weighted by molar-refractivity contribution is 5.93. The summed E-state index contributed by atoms with van der Waals surface area (Å²) in [5.41, 5.74) is -0.131. The van der Waals surface area contributed by atoms with E-state index in [0.717, 1.165) is 5.69 Å². The standard InChI is InChI=1S/C15H15F4N3O/c1-8-6-9(2)22(21-8)10(3)14(23)20-13-7-11(15(17,18)19)4-5-12(13)16/h4-7,10H,1-3H3,(H,20,23). The molecule has 0 bridgehead atoms. The van der Waals surface area contributed by atoms with E-state index >= 15 is 0 Å². The van der Waals surface area contributed by atoms with Gasteiger partial charge in [-0.15, -0.1) is 0 Å². The number of hydrogen-bond acceptors (Lipinski definition) is 2. The number of hydrogen-bond donors (Lipinski definition) is 1. The fourth-order valence-corrected chi connectivity index (χ4v) is 2.18. The second kappa shape index (κ2) is 6.02. The van der Waals surface area contributed by atoms with Crippen LogP contribution in [0.15, 0.2) is 24.3 Å². The Kier molecular flexibility index (Phi) is 4.44. The molecule has 0 aliphatic carbocycles. The van der Waals surface area contributed by atoms with Gasteiger partial charge in [0.05, 0.1) is 16.9 Å². The fraction of sp³-hybridized carbons (Fsp3) is 0.333. The maximum atomic E-state index is 13.7. The Hall–Kier alpha value is -2.38. The molecule has 1 N–H and O–H groups in total. The van der Waals surface area contributed by atoms with Gasteiger partial charge >= 0.3 is 6.18 Å². The molecule has 0 aliphatic rings. The van der Waals surface area contributed by atoms with Gasteiger partial charge in [0.2, 0.25) is 5.91 Å². The molecule has 8 heteroatoms. The summed E-state index contributed by atoms with van der Waals surface area (Å²) >= 11 is 0. The number of aromatic nitrogens is 2. The number of carbonyl (C=O) groups is 1. The minimum Gasteiger partial charge on any atom is -0.322 e. The zero-order valence-electron chi connectivity index (χ0n) is 12.7. The highest BCUT2D eigenvalue weighted by Gasteiger charge is 2.31. The van der Waals surface area contributed by atoms with Gasteiger partial charge in [-0.3, -0.25) is 9.48 Å². The highest BCUT2D eigenvalue weighted by atomic mass is 19.4. The van der Waals surface area contributed by atoms with Crippen LogP contribution >= 0.6 is 0 Å². The second-order valence-corrected chi connectivity index (χ2v) is 5.23. The summed E-state index contributed by atoms with van der Waals surface area (Å²) in [6.07, 6.45) is -4.62. The van der Waals surface area contributed by atoms with E-state index in [2.05, 4.69) is 10.4 Å². The average Bonchev–Trinajstić information content (AvgIpc) is 2.77. The predicted octanol–water partition coefficient (Wildman–Crippen LogP) is 3.86. The van der Waals surface area contributed by atoms with E-state index in [4.69, 9.17) is 0 Å². The Bertz CT molecular complexity index is 737. The third-order valence-corrected chi connectivity index (χ3v) is 3.34. The van der Waals surface area contributed by atoms with Crippen molar-refractivity contribution >= 4 is 11.6 Å². The van der Waals surface area contributed by atoms with Crippen molar-refractivity contribution in [3.8, 4) is 0 Å². The zero-order valence-corrected chi connectivity index (χ0v) is 12.7. The first-order valence-corrected chi connectivity index (χ1v) is 6.80. The number of aryl methyl sites for hydroxylation is 2. The van der Waals surface area contributed by atoms with Crippen LogP contribution in [0.5, 0.6) is 0 Å². The number of halogens is 4. The van der Waals surface area contributed by atoms with Crippen LogP contribution in [-0.2, 0) is 11.0 Å². The summed E-state index contributed by atoms with van der Waals surface area (Å²) in [5.74, 6) is -1.60. The van der Waals surface area contributed by atoms with Gasteiger partial charge in [-0.1, -0.05) is 0 Å². The van der Waals surface area contributed by atoms with Crippen molar-refractivity contribution in [2.45, 2.75) is 33.0 Å². The average molecular weight is 329 g/mol. The van der Waals surface area contributed by atoms with Crippen LogP contribution in [0.2, 0.25) is 0 Å². The summed E-state index contributed by atoms with van der Waals surface area (Å²) in [6, 6.07) is 2.83. The number of rotatable bonds is 3. The SMILES string of the molecule is Cc1cc(C)n(C(C)C(=O)Nc2cc(C(F)(F)F)ccc2F)n1. The van der Waals surface area contributed by atoms with E-state index in [0.29, 0.717) is 23.9 Å². The van der Waals surface area contributed by atoms with Crippen LogP contribution in [0.1, 0.15) is 29.9 Å². The molecule has 0 radical (unpaired) electrons. The topological polar surface area (TPSA) is 46.9 Å². The minimum atomic E-state index is -4.62. The van der Waals surface area contributed by atoms with Crippen LogP contribution in [0, 0.1) is 19.7 Å². The monoisotopic (exact) mass is 329 g/mol. The molecule has 1 heterocycles. The van der Waals surface area contributed by atoms with E-state index in [9.17, 15) is 22.4 Å². The first-order chi connectivity index (χ1) is 10.6. The summed E-state index contributed by atoms with van der Waals surface area (Å²) in [6.45, 7) is 5.02. The lowest BCUT2D eigenvalue weighted by atomic mass is 10.1. The molecular formula is C15H15F4N3O. The first kappa shape index (κ1) is 17.0. The zero-order chi connectivity index (χ0) is 17.4. The smallest absolute Gasteiger partial charge is 0.322 e. The van der Waals surface area contributed by atoms with E-state index in [1.807, 2.05) is 0 Å². The molecule has 0 fully saturated rings. The Morgan fingerprint density at radius 2 is 1.91 bits per heavy atom. The van der Waals surface area contributed by atoms with Gasteiger partial charge in [0.25, 0.3) is 0 Å². The largest absolute Gasteiger partial charge is 0.416 e. The molecule has 23 heavy (non-hydrogen) atoms. The number of benzene rings is 1. The van der Waals surface area contributed by atoms with Gasteiger partial charge in [0.15, 0.2) is 0 Å². The van der Waals surface area contributed by atoms with Crippen LogP contribution in [0.3, 0.4) is 0 Å². The quantitative estimate of drug-likeness (QED) is 0.869. The molecule has 1 amide bonds. The second-order valence-electron chi connectivity index (χ2n) is 5.23. The van der Waals surface area contributed by atoms with Gasteiger partial charge in [0, 0.05) is 5.69 Å². The Labute approximate surface area is 130 Å². The first-order valence-electron chi connectivity index (χ1n) is 6.80. The maximum Gasteiger partial charge on any atom is 0.416 e. The van der Waals surface area contributed by atoms with Crippen LogP contribution in [0.25, 0.3) is 0 Å². The molecule has 0 saturated carbocycles. The number of nitrogens with zero attached hydrogens (tertiary/aromatic N) is 2. The third-order valence-electron chi connectivity index (χ3n) is 3.34. The molecule has 124 valence electrons. The molecule has 0 spiro atoms. The maximum absolute atomic E-state index is 13.7. The number of alkyl halides is 3. The molecular weight excluding hydrogens is 314 g/mol. The van der Waals surface area contributed by atoms with Crippen LogP contribution in [-0.4, -0.2) is 15.7 Å². The summed E-state index contributed by atoms with van der Waals surface area (Å²) in [4.78, 5) is 12.2. The van der Waals surface area contributed by atoms with E-state index in [1.165, 1.54) is 11.6 Å². The Morgan fingerprint density at radius 3 is 2.43 bits per heavy atom. The summed E-state index contributed by atoms with van der Waals surface area (Å²) in [5, 5.41) is 6.32. The predicted molar refractivity (Wildman–Crippen MR) is 76.4 cm³/mol. The van der Waals surface area contributed by atoms with Gasteiger partial charge in [0.1, 0.15) is 11.9 Å². The molecule has 0 saturated heterocycles. The minimum absolute atomic E-state index is 0.516. The van der Waals surface area contributed by atoms with E-state index < -0.39 is 35.2 Å². The van der Waals surface area contributed by atoms with Crippen LogP contribution in [0.4, 0.5) is 23.2 Å². The molecule has 4 nitrogen and oxygen atoms in total. The highest BCUT2D eigenvalue weighted by Crippen LogP contribution is 2.32. The molecule has 1 aromatic carbocycles. The lowest BCUT2D eigenvalue weighted by Gasteiger charge is -2.16. The van der Waals surface area contributed by atoms with Crippen molar-refractivity contribution in [3.05, 3.63) is 47.0 Å². The molecule has 2 rings (SSSR count). The lowest BCUT2D eigenvalue weighted by Crippen LogP contribution is -2.26. The van der Waals surface area contributed by atoms with Crippen LogP contribution < -0.4 is 5.32 Å². The van der Waals surface area contributed by atoms with E-state index in [-0.39, 0.29) is 0 Å². The molecule has 1 unspecified atom stereocenters. The van der Waals surface area contributed by atoms with Crippen molar-refractivity contribution in [2.24, 2.45) is 0 Å². The fourth-order valence-electron chi connectivity index (χ4n) is 2.18. The third kappa shape index (κ3) is 3.69. The number of anilines is 1. The molecule has 0 aliphatic heterocycles. The number of nitrogens with one attached hydrogen (secondary N) is 1. The van der Waals surface area contributed by atoms with Gasteiger partial charge in [-0.2, -0.15) is 18.3 Å². The van der Waals surface area contributed by atoms with Crippen molar-refractivity contribution < 1.29 is 22.4 Å². The van der Waals surface area contributed by atoms with Crippen molar-refractivity contribution in [1.82, 2.24) is 9.78 Å². The van der Waals surface area contributed by atoms with Crippen molar-refractivity contribution in [1.29, 1.82) is 0 Å². The van der Waals surface area contributed by atoms with Crippen molar-refractivity contribution in [2.75, 3.05) is 5.32 Å². The van der Waals surface area contributed by atoms with E-state index in [1.54, 1.807) is 19.9 Å². The molecule has 2 aromatic rings. The Balaban J connectivity index is 2.25. The van der Waals surface area contributed by atoms with Crippen molar-refractivity contribution in [3.63, 3.8) is 0 Å². The van der Waals surface area contributed by atoms with Gasteiger partial charge in [-0.25, -0.2) is 4.39 Å². The number of carbonyl (C=O) groups excluding carboxylic acids is 1.